The van der Waals surface area contributed by atoms with Crippen LogP contribution in [-0.2, 0) is 6.42 Å². The number of aryl methyl sites for hydroxylation is 1. The predicted octanol–water partition coefficient (Wildman–Crippen LogP) is 4.27. The van der Waals surface area contributed by atoms with E-state index in [1.807, 2.05) is 24.3 Å². The summed E-state index contributed by atoms with van der Waals surface area (Å²) in [5, 5.41) is 11.8. The molecule has 2 N–H and O–H groups in total. The molecule has 21 heavy (non-hydrogen) atoms. The smallest absolute Gasteiger partial charge is 0.135 e. The minimum atomic E-state index is 0.518. The Bertz CT molecular complexity index is 588. The summed E-state index contributed by atoms with van der Waals surface area (Å²) in [6.45, 7) is 5.19. The summed E-state index contributed by atoms with van der Waals surface area (Å²) in [5.41, 5.74) is 3.60. The zero-order chi connectivity index (χ0) is 15.1. The average molecular weight is 281 g/mol. The first kappa shape index (κ1) is 15.2. The van der Waals surface area contributed by atoms with Crippen molar-refractivity contribution in [2.75, 3.05) is 11.9 Å². The second-order valence-electron chi connectivity index (χ2n) is 5.11. The number of hydrogen-bond acceptors (Lipinski definition) is 3. The lowest BCUT2D eigenvalue weighted by molar-refractivity contribution is 0.831. The van der Waals surface area contributed by atoms with E-state index in [-0.39, 0.29) is 0 Å². The molecular formula is C18H23N3. The SMILES string of the molecule is CCCCNc1ncccc1C(=N)c1ccc(CC)cc1. The van der Waals surface area contributed by atoms with Crippen molar-refractivity contribution in [1.29, 1.82) is 5.41 Å². The number of unbranched alkanes of at least 4 members (excludes halogenated alkanes) is 1. The minimum absolute atomic E-state index is 0.518. The summed E-state index contributed by atoms with van der Waals surface area (Å²) in [7, 11) is 0. The lowest BCUT2D eigenvalue weighted by atomic mass is 10.0. The predicted molar refractivity (Wildman–Crippen MR) is 89.4 cm³/mol. The van der Waals surface area contributed by atoms with Crippen molar-refractivity contribution in [2.24, 2.45) is 0 Å². The van der Waals surface area contributed by atoms with Crippen LogP contribution in [0.15, 0.2) is 42.6 Å². The fourth-order valence-corrected chi connectivity index (χ4v) is 2.19. The molecule has 0 fully saturated rings. The molecule has 0 saturated carbocycles. The lowest BCUT2D eigenvalue weighted by Crippen LogP contribution is -2.10. The fourth-order valence-electron chi connectivity index (χ4n) is 2.19. The van der Waals surface area contributed by atoms with E-state index in [2.05, 4.69) is 36.3 Å². The van der Waals surface area contributed by atoms with E-state index >= 15 is 0 Å². The van der Waals surface area contributed by atoms with Crippen molar-refractivity contribution in [3.05, 3.63) is 59.3 Å². The molecule has 0 atom stereocenters. The van der Waals surface area contributed by atoms with Gasteiger partial charge in [0.05, 0.1) is 5.71 Å². The molecule has 110 valence electrons. The molecule has 0 aliphatic rings. The largest absolute Gasteiger partial charge is 0.370 e. The molecule has 2 aromatic rings. The maximum atomic E-state index is 8.44. The third-order valence-corrected chi connectivity index (χ3v) is 3.55. The molecule has 1 aromatic heterocycles. The number of nitrogens with one attached hydrogen (secondary N) is 2. The molecule has 1 heterocycles. The third-order valence-electron chi connectivity index (χ3n) is 3.55. The Morgan fingerprint density at radius 1 is 1.14 bits per heavy atom. The molecular weight excluding hydrogens is 258 g/mol. The van der Waals surface area contributed by atoms with Gasteiger partial charge in [0.2, 0.25) is 0 Å². The maximum absolute atomic E-state index is 8.44. The maximum Gasteiger partial charge on any atom is 0.135 e. The Morgan fingerprint density at radius 2 is 1.90 bits per heavy atom. The molecule has 0 radical (unpaired) electrons. The Kier molecular flexibility index (Phi) is 5.50. The highest BCUT2D eigenvalue weighted by Crippen LogP contribution is 2.17. The summed E-state index contributed by atoms with van der Waals surface area (Å²) < 4.78 is 0. The van der Waals surface area contributed by atoms with E-state index in [0.29, 0.717) is 5.71 Å². The van der Waals surface area contributed by atoms with Crippen LogP contribution in [0.2, 0.25) is 0 Å². The summed E-state index contributed by atoms with van der Waals surface area (Å²) >= 11 is 0. The standard InChI is InChI=1S/C18H23N3/c1-3-5-12-20-18-16(7-6-13-21-18)17(19)15-10-8-14(4-2)9-11-15/h6-11,13,19H,3-5,12H2,1-2H3,(H,20,21). The van der Waals surface area contributed by atoms with Gasteiger partial charge in [-0.25, -0.2) is 4.98 Å². The van der Waals surface area contributed by atoms with Gasteiger partial charge in [-0.2, -0.15) is 0 Å². The van der Waals surface area contributed by atoms with E-state index < -0.39 is 0 Å². The molecule has 3 heteroatoms. The summed E-state index contributed by atoms with van der Waals surface area (Å²) in [6.07, 6.45) is 5.04. The number of pyridine rings is 1. The highest BCUT2D eigenvalue weighted by atomic mass is 15.0. The molecule has 3 nitrogen and oxygen atoms in total. The first-order valence-electron chi connectivity index (χ1n) is 7.63. The first-order valence-corrected chi connectivity index (χ1v) is 7.63. The van der Waals surface area contributed by atoms with Crippen LogP contribution in [0.5, 0.6) is 0 Å². The molecule has 0 amide bonds. The topological polar surface area (TPSA) is 48.8 Å². The van der Waals surface area contributed by atoms with Gasteiger partial charge in [0, 0.05) is 23.9 Å². The first-order chi connectivity index (χ1) is 10.3. The van der Waals surface area contributed by atoms with E-state index in [0.717, 1.165) is 42.8 Å². The Labute approximate surface area is 126 Å². The van der Waals surface area contributed by atoms with Crippen LogP contribution in [0.1, 0.15) is 43.4 Å². The second-order valence-corrected chi connectivity index (χ2v) is 5.11. The van der Waals surface area contributed by atoms with Gasteiger partial charge < -0.3 is 5.32 Å². The van der Waals surface area contributed by atoms with Gasteiger partial charge in [-0.1, -0.05) is 44.5 Å². The van der Waals surface area contributed by atoms with Gasteiger partial charge in [-0.15, -0.1) is 0 Å². The van der Waals surface area contributed by atoms with E-state index in [1.54, 1.807) is 6.20 Å². The van der Waals surface area contributed by atoms with Crippen molar-refractivity contribution < 1.29 is 0 Å². The van der Waals surface area contributed by atoms with Crippen molar-refractivity contribution in [3.8, 4) is 0 Å². The number of nitrogens with zero attached hydrogens (tertiary/aromatic N) is 1. The van der Waals surface area contributed by atoms with Gasteiger partial charge in [0.1, 0.15) is 5.82 Å². The quantitative estimate of drug-likeness (QED) is 0.588. The highest BCUT2D eigenvalue weighted by Gasteiger charge is 2.10. The highest BCUT2D eigenvalue weighted by molar-refractivity contribution is 6.13. The van der Waals surface area contributed by atoms with E-state index in [1.165, 1.54) is 5.56 Å². The Morgan fingerprint density at radius 3 is 2.57 bits per heavy atom. The van der Waals surface area contributed by atoms with Crippen molar-refractivity contribution in [1.82, 2.24) is 4.98 Å². The Hall–Kier alpha value is -2.16. The van der Waals surface area contributed by atoms with Crippen LogP contribution in [0.4, 0.5) is 5.82 Å². The van der Waals surface area contributed by atoms with Crippen molar-refractivity contribution >= 4 is 11.5 Å². The van der Waals surface area contributed by atoms with Crippen molar-refractivity contribution in [3.63, 3.8) is 0 Å². The monoisotopic (exact) mass is 281 g/mol. The van der Waals surface area contributed by atoms with E-state index in [4.69, 9.17) is 5.41 Å². The van der Waals surface area contributed by atoms with Gasteiger partial charge in [-0.05, 0) is 30.5 Å². The van der Waals surface area contributed by atoms with Crippen LogP contribution in [0, 0.1) is 5.41 Å². The van der Waals surface area contributed by atoms with E-state index in [9.17, 15) is 0 Å². The van der Waals surface area contributed by atoms with Crippen molar-refractivity contribution in [2.45, 2.75) is 33.1 Å². The molecule has 2 rings (SSSR count). The molecule has 0 unspecified atom stereocenters. The minimum Gasteiger partial charge on any atom is -0.370 e. The summed E-state index contributed by atoms with van der Waals surface area (Å²) in [5.74, 6) is 0.801. The number of rotatable bonds is 7. The van der Waals surface area contributed by atoms with Crippen LogP contribution >= 0.6 is 0 Å². The lowest BCUT2D eigenvalue weighted by Gasteiger charge is -2.12. The van der Waals surface area contributed by atoms with Crippen LogP contribution in [0.3, 0.4) is 0 Å². The molecule has 0 spiro atoms. The number of hydrogen-bond donors (Lipinski definition) is 2. The number of benzene rings is 1. The van der Waals surface area contributed by atoms with Gasteiger partial charge in [-0.3, -0.25) is 5.41 Å². The molecule has 0 bridgehead atoms. The Balaban J connectivity index is 2.21. The van der Waals surface area contributed by atoms with Crippen LogP contribution < -0.4 is 5.32 Å². The third kappa shape index (κ3) is 3.91. The van der Waals surface area contributed by atoms with Crippen LogP contribution in [0.25, 0.3) is 0 Å². The summed E-state index contributed by atoms with van der Waals surface area (Å²) in [4.78, 5) is 4.38. The van der Waals surface area contributed by atoms with Gasteiger partial charge in [0.25, 0.3) is 0 Å². The normalized spacial score (nSPS) is 10.4. The molecule has 0 saturated heterocycles. The molecule has 1 aromatic carbocycles. The molecule has 0 aliphatic carbocycles. The zero-order valence-electron chi connectivity index (χ0n) is 12.8. The number of anilines is 1. The zero-order valence-corrected chi connectivity index (χ0v) is 12.8. The number of aromatic nitrogens is 1. The average Bonchev–Trinajstić information content (AvgIpc) is 2.55. The van der Waals surface area contributed by atoms with Gasteiger partial charge >= 0.3 is 0 Å². The fraction of sp³-hybridized carbons (Fsp3) is 0.333. The second kappa shape index (κ2) is 7.58. The van der Waals surface area contributed by atoms with Gasteiger partial charge in [0.15, 0.2) is 0 Å². The van der Waals surface area contributed by atoms with Crippen LogP contribution in [-0.4, -0.2) is 17.2 Å². The summed E-state index contributed by atoms with van der Waals surface area (Å²) in [6, 6.07) is 12.1. The molecule has 0 aliphatic heterocycles.